The second-order valence-electron chi connectivity index (χ2n) is 5.02. The summed E-state index contributed by atoms with van der Waals surface area (Å²) in [4.78, 5) is 10.6. The minimum Gasteiger partial charge on any atom is -0.481 e. The van der Waals surface area contributed by atoms with E-state index in [1.165, 1.54) is 0 Å². The second-order valence-corrected chi connectivity index (χ2v) is 7.32. The lowest BCUT2D eigenvalue weighted by molar-refractivity contribution is -0.161. The maximum Gasteiger partial charge on any atom is 0.306 e. The van der Waals surface area contributed by atoms with E-state index in [9.17, 15) is 13.2 Å². The van der Waals surface area contributed by atoms with Gasteiger partial charge in [-0.05, 0) is 19.8 Å². The average molecular weight is 278 g/mol. The number of hydrogen-bond acceptors (Lipinski definition) is 5. The SMILES string of the molecule is CC1(C2CCCCS2(=O)=O)OCC(CC(=O)O)O1. The molecular weight excluding hydrogens is 260 g/mol. The molecular formula is C11H18O6S. The molecule has 104 valence electrons. The van der Waals surface area contributed by atoms with Gasteiger partial charge in [0, 0.05) is 0 Å². The van der Waals surface area contributed by atoms with Gasteiger partial charge in [0.2, 0.25) is 0 Å². The number of hydrogen-bond donors (Lipinski definition) is 1. The van der Waals surface area contributed by atoms with E-state index in [0.717, 1.165) is 6.42 Å². The van der Waals surface area contributed by atoms with Crippen LogP contribution in [-0.2, 0) is 24.1 Å². The lowest BCUT2D eigenvalue weighted by Gasteiger charge is -2.34. The molecule has 2 fully saturated rings. The van der Waals surface area contributed by atoms with Crippen molar-refractivity contribution in [2.24, 2.45) is 0 Å². The Morgan fingerprint density at radius 3 is 2.78 bits per heavy atom. The van der Waals surface area contributed by atoms with E-state index in [2.05, 4.69) is 0 Å². The molecule has 3 atom stereocenters. The van der Waals surface area contributed by atoms with Crippen molar-refractivity contribution in [1.29, 1.82) is 0 Å². The van der Waals surface area contributed by atoms with Gasteiger partial charge < -0.3 is 14.6 Å². The highest BCUT2D eigenvalue weighted by Crippen LogP contribution is 2.37. The van der Waals surface area contributed by atoms with Gasteiger partial charge in [-0.25, -0.2) is 8.42 Å². The molecule has 0 aromatic carbocycles. The normalized spacial score (nSPS) is 39.6. The summed E-state index contributed by atoms with van der Waals surface area (Å²) in [6.07, 6.45) is 1.29. The van der Waals surface area contributed by atoms with Crippen LogP contribution in [0.3, 0.4) is 0 Å². The largest absolute Gasteiger partial charge is 0.481 e. The average Bonchev–Trinajstić information content (AvgIpc) is 2.59. The highest BCUT2D eigenvalue weighted by molar-refractivity contribution is 7.92. The van der Waals surface area contributed by atoms with E-state index in [1.807, 2.05) is 0 Å². The van der Waals surface area contributed by atoms with Crippen molar-refractivity contribution in [3.8, 4) is 0 Å². The van der Waals surface area contributed by atoms with Gasteiger partial charge in [0.15, 0.2) is 15.6 Å². The molecule has 0 saturated carbocycles. The minimum absolute atomic E-state index is 0.134. The predicted octanol–water partition coefficient (Wildman–Crippen LogP) is 0.560. The molecule has 0 spiro atoms. The lowest BCUT2D eigenvalue weighted by Crippen LogP contribution is -2.48. The lowest BCUT2D eigenvalue weighted by atomic mass is 10.1. The number of rotatable bonds is 3. The van der Waals surface area contributed by atoms with E-state index >= 15 is 0 Å². The molecule has 2 rings (SSSR count). The summed E-state index contributed by atoms with van der Waals surface area (Å²) < 4.78 is 35.1. The van der Waals surface area contributed by atoms with Crippen LogP contribution in [0, 0.1) is 0 Å². The highest BCUT2D eigenvalue weighted by Gasteiger charge is 2.50. The van der Waals surface area contributed by atoms with Crippen molar-refractivity contribution in [3.05, 3.63) is 0 Å². The monoisotopic (exact) mass is 278 g/mol. The quantitative estimate of drug-likeness (QED) is 0.811. The number of carboxylic acid groups (broad SMARTS) is 1. The van der Waals surface area contributed by atoms with E-state index in [1.54, 1.807) is 6.92 Å². The summed E-state index contributed by atoms with van der Waals surface area (Å²) in [5.41, 5.74) is 0. The minimum atomic E-state index is -3.21. The van der Waals surface area contributed by atoms with Crippen molar-refractivity contribution in [1.82, 2.24) is 0 Å². The summed E-state index contributed by atoms with van der Waals surface area (Å²) >= 11 is 0. The first-order chi connectivity index (χ1) is 8.33. The maximum atomic E-state index is 12.0. The third-order valence-corrected chi connectivity index (χ3v) is 5.91. The number of ether oxygens (including phenoxy) is 2. The Morgan fingerprint density at radius 1 is 1.44 bits per heavy atom. The van der Waals surface area contributed by atoms with Crippen molar-refractivity contribution in [2.45, 2.75) is 49.7 Å². The summed E-state index contributed by atoms with van der Waals surface area (Å²) in [5.74, 6) is -2.01. The Kier molecular flexibility index (Phi) is 3.66. The molecule has 6 nitrogen and oxygen atoms in total. The van der Waals surface area contributed by atoms with Crippen LogP contribution in [0.2, 0.25) is 0 Å². The van der Waals surface area contributed by atoms with E-state index < -0.39 is 32.9 Å². The van der Waals surface area contributed by atoms with Crippen molar-refractivity contribution < 1.29 is 27.8 Å². The molecule has 0 bridgehead atoms. The van der Waals surface area contributed by atoms with Gasteiger partial charge in [-0.3, -0.25) is 4.79 Å². The predicted molar refractivity (Wildman–Crippen MR) is 62.9 cm³/mol. The zero-order valence-corrected chi connectivity index (χ0v) is 11.1. The number of carboxylic acids is 1. The molecule has 0 aromatic heterocycles. The first-order valence-corrected chi connectivity index (χ1v) is 7.80. The molecule has 7 heteroatoms. The maximum absolute atomic E-state index is 12.0. The second kappa shape index (κ2) is 4.79. The van der Waals surface area contributed by atoms with Gasteiger partial charge >= 0.3 is 5.97 Å². The van der Waals surface area contributed by atoms with Gasteiger partial charge in [0.1, 0.15) is 5.25 Å². The fourth-order valence-corrected chi connectivity index (χ4v) is 4.86. The summed E-state index contributed by atoms with van der Waals surface area (Å²) in [7, 11) is -3.21. The van der Waals surface area contributed by atoms with Crippen molar-refractivity contribution in [2.75, 3.05) is 12.4 Å². The topological polar surface area (TPSA) is 89.9 Å². The molecule has 0 aromatic rings. The van der Waals surface area contributed by atoms with Gasteiger partial charge in [0.05, 0.1) is 24.9 Å². The van der Waals surface area contributed by atoms with E-state index in [4.69, 9.17) is 14.6 Å². The Labute approximate surface area is 106 Å². The Balaban J connectivity index is 2.10. The number of aliphatic carboxylic acids is 1. The van der Waals surface area contributed by atoms with Crippen LogP contribution in [0.15, 0.2) is 0 Å². The molecule has 0 radical (unpaired) electrons. The van der Waals surface area contributed by atoms with Crippen LogP contribution in [0.25, 0.3) is 0 Å². The summed E-state index contributed by atoms with van der Waals surface area (Å²) in [6.45, 7) is 1.73. The van der Waals surface area contributed by atoms with Gasteiger partial charge in [-0.15, -0.1) is 0 Å². The smallest absolute Gasteiger partial charge is 0.306 e. The molecule has 18 heavy (non-hydrogen) atoms. The molecule has 1 N–H and O–H groups in total. The summed E-state index contributed by atoms with van der Waals surface area (Å²) in [5, 5.41) is 8.02. The van der Waals surface area contributed by atoms with E-state index in [0.29, 0.717) is 12.8 Å². The Hall–Kier alpha value is -0.660. The summed E-state index contributed by atoms with van der Waals surface area (Å²) in [6, 6.07) is 0. The molecule has 2 aliphatic rings. The first kappa shape index (κ1) is 13.8. The highest BCUT2D eigenvalue weighted by atomic mass is 32.2. The van der Waals surface area contributed by atoms with Crippen LogP contribution < -0.4 is 0 Å². The fourth-order valence-electron chi connectivity index (χ4n) is 2.66. The van der Waals surface area contributed by atoms with Gasteiger partial charge in [-0.2, -0.15) is 0 Å². The number of carbonyl (C=O) groups is 1. The standard InChI is InChI=1S/C11H18O6S/c1-11(9-4-2-3-5-18(9,14)15)16-7-8(17-11)6-10(12)13/h8-9H,2-7H2,1H3,(H,12,13). The molecule has 0 aliphatic carbocycles. The molecule has 2 heterocycles. The molecule has 0 amide bonds. The zero-order chi connectivity index (χ0) is 13.4. The van der Waals surface area contributed by atoms with Crippen molar-refractivity contribution in [3.63, 3.8) is 0 Å². The fraction of sp³-hybridized carbons (Fsp3) is 0.909. The van der Waals surface area contributed by atoms with Gasteiger partial charge in [-0.1, -0.05) is 6.42 Å². The van der Waals surface area contributed by atoms with Crippen LogP contribution in [0.4, 0.5) is 0 Å². The van der Waals surface area contributed by atoms with Crippen LogP contribution in [-0.4, -0.2) is 49.0 Å². The Morgan fingerprint density at radius 2 is 2.17 bits per heavy atom. The molecule has 2 saturated heterocycles. The third-order valence-electron chi connectivity index (χ3n) is 3.52. The van der Waals surface area contributed by atoms with Crippen molar-refractivity contribution >= 4 is 15.8 Å². The van der Waals surface area contributed by atoms with E-state index in [-0.39, 0.29) is 18.8 Å². The third kappa shape index (κ3) is 2.67. The Bertz CT molecular complexity index is 431. The van der Waals surface area contributed by atoms with Crippen LogP contribution >= 0.6 is 0 Å². The number of sulfone groups is 1. The van der Waals surface area contributed by atoms with Gasteiger partial charge in [0.25, 0.3) is 0 Å². The molecule has 2 aliphatic heterocycles. The zero-order valence-electron chi connectivity index (χ0n) is 10.3. The molecule has 3 unspecified atom stereocenters. The van der Waals surface area contributed by atoms with Crippen LogP contribution in [0.5, 0.6) is 0 Å². The van der Waals surface area contributed by atoms with Crippen LogP contribution in [0.1, 0.15) is 32.6 Å². The first-order valence-electron chi connectivity index (χ1n) is 6.09.